The second-order valence-corrected chi connectivity index (χ2v) is 5.37. The molecule has 0 aliphatic heterocycles. The zero-order valence-corrected chi connectivity index (χ0v) is 12.2. The molecule has 0 amide bonds. The molecular weight excluding hydrogens is 296 g/mol. The monoisotopic (exact) mass is 306 g/mol. The van der Waals surface area contributed by atoms with Crippen LogP contribution in [0.2, 0.25) is 0 Å². The van der Waals surface area contributed by atoms with Gasteiger partial charge in [0, 0.05) is 11.1 Å². The van der Waals surface area contributed by atoms with Crippen LogP contribution in [0.15, 0.2) is 65.5 Å². The van der Waals surface area contributed by atoms with Crippen molar-refractivity contribution in [2.75, 3.05) is 0 Å². The molecule has 5 nitrogen and oxygen atoms in total. The van der Waals surface area contributed by atoms with Gasteiger partial charge in [-0.2, -0.15) is 4.98 Å². The fraction of sp³-hybridized carbons (Fsp3) is 0. The molecule has 0 radical (unpaired) electrons. The summed E-state index contributed by atoms with van der Waals surface area (Å²) >= 11 is 1.38. The van der Waals surface area contributed by atoms with Crippen LogP contribution in [0.25, 0.3) is 33.1 Å². The lowest BCUT2D eigenvalue weighted by Gasteiger charge is -2.05. The van der Waals surface area contributed by atoms with Crippen molar-refractivity contribution in [2.24, 2.45) is 0 Å². The zero-order chi connectivity index (χ0) is 14.8. The van der Waals surface area contributed by atoms with E-state index in [9.17, 15) is 0 Å². The van der Waals surface area contributed by atoms with E-state index in [2.05, 4.69) is 31.9 Å². The van der Waals surface area contributed by atoms with E-state index in [1.54, 1.807) is 0 Å². The molecule has 4 aromatic rings. The van der Waals surface area contributed by atoms with Gasteiger partial charge in [0.2, 0.25) is 12.2 Å². The Hall–Kier alpha value is -2.86. The van der Waals surface area contributed by atoms with Gasteiger partial charge in [-0.3, -0.25) is 0 Å². The minimum atomic E-state index is 0.544. The molecule has 0 atom stereocenters. The van der Waals surface area contributed by atoms with Crippen molar-refractivity contribution in [3.63, 3.8) is 0 Å². The molecule has 0 saturated carbocycles. The minimum absolute atomic E-state index is 0.544. The van der Waals surface area contributed by atoms with Crippen molar-refractivity contribution >= 4 is 11.5 Å². The maximum atomic E-state index is 4.86. The fourth-order valence-electron chi connectivity index (χ4n) is 2.32. The Kier molecular flexibility index (Phi) is 3.21. The lowest BCUT2D eigenvalue weighted by atomic mass is 10.0. The molecule has 4 rings (SSSR count). The van der Waals surface area contributed by atoms with Gasteiger partial charge in [0.25, 0.3) is 0 Å². The molecule has 0 aliphatic carbocycles. The van der Waals surface area contributed by atoms with Gasteiger partial charge in [0.15, 0.2) is 0 Å². The summed E-state index contributed by atoms with van der Waals surface area (Å²) in [6.45, 7) is 0. The van der Waals surface area contributed by atoms with Gasteiger partial charge in [-0.1, -0.05) is 64.2 Å². The average Bonchev–Trinajstić information content (AvgIpc) is 3.27. The fourth-order valence-corrected chi connectivity index (χ4v) is 3.00. The molecule has 2 heterocycles. The van der Waals surface area contributed by atoms with Gasteiger partial charge >= 0.3 is 0 Å². The lowest BCUT2D eigenvalue weighted by Crippen LogP contribution is -1.89. The molecule has 0 N–H and O–H groups in total. The normalized spacial score (nSPS) is 10.7. The average molecular weight is 306 g/mol. The zero-order valence-electron chi connectivity index (χ0n) is 11.4. The Morgan fingerprint density at radius 2 is 1.64 bits per heavy atom. The van der Waals surface area contributed by atoms with Crippen LogP contribution >= 0.6 is 11.5 Å². The molecule has 0 fully saturated rings. The van der Waals surface area contributed by atoms with E-state index in [-0.39, 0.29) is 0 Å². The van der Waals surface area contributed by atoms with Crippen LogP contribution in [0, 0.1) is 0 Å². The minimum Gasteiger partial charge on any atom is -0.342 e. The Labute approximate surface area is 130 Å². The van der Waals surface area contributed by atoms with Crippen molar-refractivity contribution in [3.8, 4) is 33.1 Å². The molecule has 0 aliphatic rings. The van der Waals surface area contributed by atoms with Gasteiger partial charge in [-0.25, -0.2) is 0 Å². The van der Waals surface area contributed by atoms with E-state index in [1.807, 2.05) is 42.5 Å². The predicted molar refractivity (Wildman–Crippen MR) is 84.1 cm³/mol. The lowest BCUT2D eigenvalue weighted by molar-refractivity contribution is 0.419. The third kappa shape index (κ3) is 2.19. The number of hydrogen-bond donors (Lipinski definition) is 0. The summed E-state index contributed by atoms with van der Waals surface area (Å²) in [5, 5.41) is 8.24. The summed E-state index contributed by atoms with van der Waals surface area (Å²) in [6.07, 6.45) is 1.32. The predicted octanol–water partition coefficient (Wildman–Crippen LogP) is 3.92. The molecule has 6 heteroatoms. The van der Waals surface area contributed by atoms with E-state index >= 15 is 0 Å². The summed E-state index contributed by atoms with van der Waals surface area (Å²) < 4.78 is 8.99. The maximum Gasteiger partial charge on any atom is 0.214 e. The molecular formula is C16H10N4OS. The Morgan fingerprint density at radius 1 is 0.864 bits per heavy atom. The van der Waals surface area contributed by atoms with Crippen molar-refractivity contribution in [3.05, 3.63) is 61.0 Å². The first kappa shape index (κ1) is 12.8. The van der Waals surface area contributed by atoms with E-state index in [4.69, 9.17) is 4.52 Å². The number of benzene rings is 2. The Bertz CT molecular complexity index is 887. The van der Waals surface area contributed by atoms with Crippen LogP contribution in [0.5, 0.6) is 0 Å². The Morgan fingerprint density at radius 3 is 2.41 bits per heavy atom. The summed E-state index contributed by atoms with van der Waals surface area (Å²) in [4.78, 5) is 5.16. The second kappa shape index (κ2) is 5.50. The summed E-state index contributed by atoms with van der Waals surface area (Å²) in [5.41, 5.74) is 3.74. The van der Waals surface area contributed by atoms with Gasteiger partial charge in [0.05, 0.1) is 4.88 Å². The highest BCUT2D eigenvalue weighted by Crippen LogP contribution is 2.37. The number of hydrogen-bond acceptors (Lipinski definition) is 6. The third-order valence-electron chi connectivity index (χ3n) is 3.31. The van der Waals surface area contributed by atoms with Crippen LogP contribution in [-0.4, -0.2) is 19.7 Å². The smallest absolute Gasteiger partial charge is 0.214 e. The maximum absolute atomic E-state index is 4.86. The van der Waals surface area contributed by atoms with Gasteiger partial charge in [0.1, 0.15) is 5.69 Å². The third-order valence-corrected chi connectivity index (χ3v) is 4.08. The number of nitrogens with zero attached hydrogens (tertiary/aromatic N) is 4. The van der Waals surface area contributed by atoms with E-state index in [0.29, 0.717) is 5.82 Å². The van der Waals surface area contributed by atoms with Crippen LogP contribution in [0.4, 0.5) is 0 Å². The van der Waals surface area contributed by atoms with Gasteiger partial charge in [-0.05, 0) is 17.1 Å². The van der Waals surface area contributed by atoms with Crippen LogP contribution in [-0.2, 0) is 0 Å². The van der Waals surface area contributed by atoms with Crippen molar-refractivity contribution < 1.29 is 4.52 Å². The standard InChI is InChI=1S/C16H10N4OS/c1-2-6-11(7-3-1)15-14(18-20-22-15)12-8-4-5-9-13(12)16-17-10-21-19-16/h1-10H. The highest BCUT2D eigenvalue weighted by Gasteiger charge is 2.17. The highest BCUT2D eigenvalue weighted by molar-refractivity contribution is 7.09. The topological polar surface area (TPSA) is 64.7 Å². The molecule has 0 bridgehead atoms. The molecule has 22 heavy (non-hydrogen) atoms. The van der Waals surface area contributed by atoms with Crippen molar-refractivity contribution in [1.82, 2.24) is 19.7 Å². The molecule has 2 aromatic carbocycles. The Balaban J connectivity index is 1.90. The van der Waals surface area contributed by atoms with Gasteiger partial charge in [-0.15, -0.1) is 5.10 Å². The van der Waals surface area contributed by atoms with Crippen molar-refractivity contribution in [1.29, 1.82) is 0 Å². The van der Waals surface area contributed by atoms with E-state index in [1.165, 1.54) is 17.9 Å². The molecule has 0 unspecified atom stereocenters. The first-order chi connectivity index (χ1) is 10.9. The summed E-state index contributed by atoms with van der Waals surface area (Å²) in [5.74, 6) is 0.544. The van der Waals surface area contributed by atoms with Gasteiger partial charge < -0.3 is 4.52 Å². The second-order valence-electron chi connectivity index (χ2n) is 4.62. The van der Waals surface area contributed by atoms with Crippen LogP contribution < -0.4 is 0 Å². The molecule has 0 saturated heterocycles. The van der Waals surface area contributed by atoms with E-state index in [0.717, 1.165) is 27.3 Å². The molecule has 0 spiro atoms. The largest absolute Gasteiger partial charge is 0.342 e. The van der Waals surface area contributed by atoms with Crippen LogP contribution in [0.3, 0.4) is 0 Å². The molecule has 2 aromatic heterocycles. The summed E-state index contributed by atoms with van der Waals surface area (Å²) in [7, 11) is 0. The first-order valence-corrected chi connectivity index (χ1v) is 7.45. The summed E-state index contributed by atoms with van der Waals surface area (Å²) in [6, 6.07) is 18.0. The van der Waals surface area contributed by atoms with E-state index < -0.39 is 0 Å². The highest BCUT2D eigenvalue weighted by atomic mass is 32.1. The quantitative estimate of drug-likeness (QED) is 0.574. The van der Waals surface area contributed by atoms with Crippen molar-refractivity contribution in [2.45, 2.75) is 0 Å². The first-order valence-electron chi connectivity index (χ1n) is 6.67. The van der Waals surface area contributed by atoms with Crippen LogP contribution in [0.1, 0.15) is 0 Å². The SMILES string of the molecule is c1ccc(-c2snnc2-c2ccccc2-c2ncon2)cc1. The molecule has 106 valence electrons. The number of aromatic nitrogens is 4. The number of rotatable bonds is 3.